The molecule has 3 nitrogen and oxygen atoms in total. The maximum atomic E-state index is 4.56. The molecule has 0 aliphatic heterocycles. The van der Waals surface area contributed by atoms with Crippen LogP contribution in [-0.4, -0.2) is 16.5 Å². The topological polar surface area (TPSA) is 37.8 Å². The number of nitrogens with zero attached hydrogens (tertiary/aromatic N) is 2. The van der Waals surface area contributed by atoms with E-state index in [1.165, 1.54) is 0 Å². The molecule has 0 saturated carbocycles. The van der Waals surface area contributed by atoms with E-state index >= 15 is 0 Å². The predicted molar refractivity (Wildman–Crippen MR) is 76.6 cm³/mol. The monoisotopic (exact) mass is 243 g/mol. The van der Waals surface area contributed by atoms with Crippen molar-refractivity contribution in [2.75, 3.05) is 11.9 Å². The Bertz CT molecular complexity index is 532. The van der Waals surface area contributed by atoms with E-state index in [4.69, 9.17) is 0 Å². The molecule has 1 aromatic heterocycles. The first-order valence-electron chi connectivity index (χ1n) is 6.45. The van der Waals surface area contributed by atoms with Gasteiger partial charge in [0.15, 0.2) is 0 Å². The van der Waals surface area contributed by atoms with Gasteiger partial charge in [-0.2, -0.15) is 0 Å². The third-order valence-electron chi connectivity index (χ3n) is 3.74. The quantitative estimate of drug-likeness (QED) is 0.889. The Balaban J connectivity index is 2.13. The van der Waals surface area contributed by atoms with Crippen LogP contribution in [0.5, 0.6) is 0 Å². The zero-order valence-corrected chi connectivity index (χ0v) is 11.6. The standard InChI is InChI=1S/C15H21N3/c1-11(2)15(3,4)10-17-14-9-16-12-7-5-6-8-13(12)18-14/h5-9,11H,10H2,1-4H3,(H,17,18). The van der Waals surface area contributed by atoms with Gasteiger partial charge in [0.2, 0.25) is 0 Å². The summed E-state index contributed by atoms with van der Waals surface area (Å²) in [5.74, 6) is 1.47. The van der Waals surface area contributed by atoms with E-state index in [1.54, 1.807) is 6.20 Å². The number of rotatable bonds is 4. The van der Waals surface area contributed by atoms with Gasteiger partial charge in [0.25, 0.3) is 0 Å². The molecule has 1 aromatic carbocycles. The first kappa shape index (κ1) is 12.8. The second-order valence-corrected chi connectivity index (χ2v) is 5.74. The molecule has 0 fully saturated rings. The van der Waals surface area contributed by atoms with Gasteiger partial charge in [-0.05, 0) is 23.5 Å². The Morgan fingerprint density at radius 3 is 2.50 bits per heavy atom. The van der Waals surface area contributed by atoms with Crippen molar-refractivity contribution in [1.82, 2.24) is 9.97 Å². The largest absolute Gasteiger partial charge is 0.368 e. The van der Waals surface area contributed by atoms with E-state index < -0.39 is 0 Å². The lowest BCUT2D eigenvalue weighted by Gasteiger charge is -2.29. The minimum atomic E-state index is 0.243. The van der Waals surface area contributed by atoms with Gasteiger partial charge in [0.05, 0.1) is 17.2 Å². The van der Waals surface area contributed by atoms with E-state index in [-0.39, 0.29) is 5.41 Å². The van der Waals surface area contributed by atoms with Crippen LogP contribution in [0.2, 0.25) is 0 Å². The summed E-state index contributed by atoms with van der Waals surface area (Å²) in [5, 5.41) is 3.38. The van der Waals surface area contributed by atoms with E-state index in [9.17, 15) is 0 Å². The zero-order chi connectivity index (χ0) is 13.2. The molecule has 0 aliphatic rings. The van der Waals surface area contributed by atoms with Gasteiger partial charge in [-0.1, -0.05) is 39.8 Å². The summed E-state index contributed by atoms with van der Waals surface area (Å²) in [6.07, 6.45) is 1.80. The van der Waals surface area contributed by atoms with Crippen molar-refractivity contribution in [2.45, 2.75) is 27.7 Å². The average molecular weight is 243 g/mol. The number of hydrogen-bond donors (Lipinski definition) is 1. The molecule has 0 unspecified atom stereocenters. The number of fused-ring (bicyclic) bond motifs is 1. The summed E-state index contributed by atoms with van der Waals surface area (Å²) >= 11 is 0. The first-order chi connectivity index (χ1) is 8.49. The van der Waals surface area contributed by atoms with Gasteiger partial charge >= 0.3 is 0 Å². The van der Waals surface area contributed by atoms with Crippen LogP contribution < -0.4 is 5.32 Å². The summed E-state index contributed by atoms with van der Waals surface area (Å²) in [6, 6.07) is 7.93. The molecule has 18 heavy (non-hydrogen) atoms. The smallest absolute Gasteiger partial charge is 0.145 e. The van der Waals surface area contributed by atoms with Crippen LogP contribution >= 0.6 is 0 Å². The molecule has 0 bridgehead atoms. The second-order valence-electron chi connectivity index (χ2n) is 5.74. The molecule has 3 heteroatoms. The Kier molecular flexibility index (Phi) is 3.50. The lowest BCUT2D eigenvalue weighted by molar-refractivity contribution is 0.269. The van der Waals surface area contributed by atoms with Crippen LogP contribution in [-0.2, 0) is 0 Å². The predicted octanol–water partition coefficient (Wildman–Crippen LogP) is 3.72. The molecule has 1 heterocycles. The van der Waals surface area contributed by atoms with Crippen molar-refractivity contribution in [1.29, 1.82) is 0 Å². The SMILES string of the molecule is CC(C)C(C)(C)CNc1cnc2ccccc2n1. The fourth-order valence-electron chi connectivity index (χ4n) is 1.56. The zero-order valence-electron chi connectivity index (χ0n) is 11.6. The van der Waals surface area contributed by atoms with Crippen molar-refractivity contribution >= 4 is 16.9 Å². The maximum Gasteiger partial charge on any atom is 0.145 e. The highest BCUT2D eigenvalue weighted by Crippen LogP contribution is 2.26. The molecule has 2 aromatic rings. The van der Waals surface area contributed by atoms with Crippen molar-refractivity contribution in [3.8, 4) is 0 Å². The number of benzene rings is 1. The Hall–Kier alpha value is -1.64. The molecule has 96 valence electrons. The van der Waals surface area contributed by atoms with Crippen LogP contribution in [0, 0.1) is 11.3 Å². The molecule has 2 rings (SSSR count). The molecule has 0 radical (unpaired) electrons. The molecule has 0 spiro atoms. The van der Waals surface area contributed by atoms with Crippen LogP contribution in [0.25, 0.3) is 11.0 Å². The van der Waals surface area contributed by atoms with Gasteiger partial charge < -0.3 is 5.32 Å². The molecule has 0 aliphatic carbocycles. The lowest BCUT2D eigenvalue weighted by atomic mass is 9.81. The summed E-state index contributed by atoms with van der Waals surface area (Å²) in [4.78, 5) is 8.97. The highest BCUT2D eigenvalue weighted by molar-refractivity contribution is 5.75. The maximum absolute atomic E-state index is 4.56. The summed E-state index contributed by atoms with van der Waals surface area (Å²) in [6.45, 7) is 9.91. The number of hydrogen-bond acceptors (Lipinski definition) is 3. The molecule has 0 saturated heterocycles. The summed E-state index contributed by atoms with van der Waals surface area (Å²) < 4.78 is 0. The van der Waals surface area contributed by atoms with Crippen LogP contribution in [0.1, 0.15) is 27.7 Å². The van der Waals surface area contributed by atoms with E-state index in [1.807, 2.05) is 24.3 Å². The Labute approximate surface area is 109 Å². The van der Waals surface area contributed by atoms with Crippen molar-refractivity contribution in [3.05, 3.63) is 30.5 Å². The Morgan fingerprint density at radius 1 is 1.17 bits per heavy atom. The highest BCUT2D eigenvalue weighted by atomic mass is 15.0. The van der Waals surface area contributed by atoms with Gasteiger partial charge in [-0.3, -0.25) is 4.98 Å². The van der Waals surface area contributed by atoms with Crippen LogP contribution in [0.15, 0.2) is 30.5 Å². The number of aromatic nitrogens is 2. The lowest BCUT2D eigenvalue weighted by Crippen LogP contribution is -2.28. The number of anilines is 1. The Morgan fingerprint density at radius 2 is 1.83 bits per heavy atom. The minimum absolute atomic E-state index is 0.243. The summed E-state index contributed by atoms with van der Waals surface area (Å²) in [7, 11) is 0. The highest BCUT2D eigenvalue weighted by Gasteiger charge is 2.22. The third kappa shape index (κ3) is 2.78. The van der Waals surface area contributed by atoms with Gasteiger partial charge in [-0.25, -0.2) is 4.98 Å². The van der Waals surface area contributed by atoms with Crippen molar-refractivity contribution < 1.29 is 0 Å². The molecule has 1 N–H and O–H groups in total. The van der Waals surface area contributed by atoms with Crippen molar-refractivity contribution in [2.24, 2.45) is 11.3 Å². The fraction of sp³-hybridized carbons (Fsp3) is 0.467. The van der Waals surface area contributed by atoms with E-state index in [2.05, 4.69) is 43.0 Å². The number of nitrogens with one attached hydrogen (secondary N) is 1. The minimum Gasteiger partial charge on any atom is -0.368 e. The first-order valence-corrected chi connectivity index (χ1v) is 6.45. The normalized spacial score (nSPS) is 12.1. The molecule has 0 amide bonds. The van der Waals surface area contributed by atoms with Gasteiger partial charge in [-0.15, -0.1) is 0 Å². The van der Waals surface area contributed by atoms with Gasteiger partial charge in [0.1, 0.15) is 5.82 Å². The fourth-order valence-corrected chi connectivity index (χ4v) is 1.56. The molecular weight excluding hydrogens is 222 g/mol. The third-order valence-corrected chi connectivity index (χ3v) is 3.74. The van der Waals surface area contributed by atoms with E-state index in [0.29, 0.717) is 5.92 Å². The van der Waals surface area contributed by atoms with E-state index in [0.717, 1.165) is 23.4 Å². The van der Waals surface area contributed by atoms with Crippen molar-refractivity contribution in [3.63, 3.8) is 0 Å². The van der Waals surface area contributed by atoms with Crippen LogP contribution in [0.3, 0.4) is 0 Å². The molecule has 0 atom stereocenters. The average Bonchev–Trinajstić information content (AvgIpc) is 2.36. The summed E-state index contributed by atoms with van der Waals surface area (Å²) in [5.41, 5.74) is 2.11. The van der Waals surface area contributed by atoms with Crippen LogP contribution in [0.4, 0.5) is 5.82 Å². The molecular formula is C15H21N3. The van der Waals surface area contributed by atoms with Gasteiger partial charge in [0, 0.05) is 6.54 Å². The number of para-hydroxylation sites is 2. The second kappa shape index (κ2) is 4.92.